The maximum Gasteiger partial charge on any atom is 0.453 e. The number of thioether (sulfide) groups is 1. The fourth-order valence-corrected chi connectivity index (χ4v) is 2.04. The summed E-state index contributed by atoms with van der Waals surface area (Å²) in [5.74, 6) is 4.76. The molecule has 2 rings (SSSR count). The summed E-state index contributed by atoms with van der Waals surface area (Å²) in [7, 11) is 0. The number of aromatic nitrogens is 5. The monoisotopic (exact) mass is 294 g/mol. The summed E-state index contributed by atoms with van der Waals surface area (Å²) >= 11 is 0.942. The van der Waals surface area contributed by atoms with E-state index in [1.54, 1.807) is 13.8 Å². The van der Waals surface area contributed by atoms with Crippen LogP contribution in [0.1, 0.15) is 29.7 Å². The summed E-state index contributed by atoms with van der Waals surface area (Å²) in [4.78, 5) is 3.97. The molecule has 2 aromatic rings. The first-order chi connectivity index (χ1) is 8.79. The summed E-state index contributed by atoms with van der Waals surface area (Å²) < 4.78 is 42.7. The molecule has 0 spiro atoms. The van der Waals surface area contributed by atoms with Gasteiger partial charge >= 0.3 is 6.18 Å². The number of nitrogens with zero attached hydrogens (tertiary/aromatic N) is 5. The third kappa shape index (κ3) is 2.80. The van der Waals surface area contributed by atoms with Crippen molar-refractivity contribution >= 4 is 11.8 Å². The number of alkyl halides is 3. The van der Waals surface area contributed by atoms with Crippen LogP contribution in [-0.4, -0.2) is 25.0 Å². The molecule has 7 nitrogen and oxygen atoms in total. The fourth-order valence-electron chi connectivity index (χ4n) is 1.24. The summed E-state index contributed by atoms with van der Waals surface area (Å²) in [6.45, 7) is 3.32. The highest BCUT2D eigenvalue weighted by atomic mass is 32.2. The minimum atomic E-state index is -4.65. The highest BCUT2D eigenvalue weighted by molar-refractivity contribution is 7.99. The number of rotatable bonds is 3. The molecule has 0 aromatic carbocycles. The molecule has 0 radical (unpaired) electrons. The molecular formula is C8H9F3N6OS. The van der Waals surface area contributed by atoms with E-state index in [-0.39, 0.29) is 11.0 Å². The van der Waals surface area contributed by atoms with Crippen molar-refractivity contribution in [2.75, 3.05) is 5.84 Å². The lowest BCUT2D eigenvalue weighted by molar-refractivity contribution is -0.146. The van der Waals surface area contributed by atoms with Gasteiger partial charge in [0, 0.05) is 0 Å². The predicted octanol–water partition coefficient (Wildman–Crippen LogP) is 1.56. The van der Waals surface area contributed by atoms with Crippen LogP contribution in [0.15, 0.2) is 9.68 Å². The number of halogens is 3. The first kappa shape index (κ1) is 13.6. The van der Waals surface area contributed by atoms with Crippen molar-refractivity contribution in [3.05, 3.63) is 17.5 Å². The second kappa shape index (κ2) is 4.72. The summed E-state index contributed by atoms with van der Waals surface area (Å²) in [5.41, 5.74) is 0. The van der Waals surface area contributed by atoms with Gasteiger partial charge in [0.15, 0.2) is 5.82 Å². The summed E-state index contributed by atoms with van der Waals surface area (Å²) in [6.07, 6.45) is -4.65. The van der Waals surface area contributed by atoms with Gasteiger partial charge in [-0.3, -0.25) is 0 Å². The van der Waals surface area contributed by atoms with Gasteiger partial charge in [-0.15, -0.1) is 10.2 Å². The van der Waals surface area contributed by atoms with Crippen LogP contribution < -0.4 is 5.84 Å². The van der Waals surface area contributed by atoms with E-state index >= 15 is 0 Å². The maximum absolute atomic E-state index is 12.5. The lowest BCUT2D eigenvalue weighted by Crippen LogP contribution is -2.21. The van der Waals surface area contributed by atoms with Gasteiger partial charge in [-0.2, -0.15) is 18.2 Å². The van der Waals surface area contributed by atoms with Crippen molar-refractivity contribution < 1.29 is 17.7 Å². The quantitative estimate of drug-likeness (QED) is 0.677. The normalized spacial score (nSPS) is 13.7. The van der Waals surface area contributed by atoms with Crippen molar-refractivity contribution in [2.24, 2.45) is 0 Å². The maximum atomic E-state index is 12.5. The second-order valence-corrected chi connectivity index (χ2v) is 4.92. The SMILES string of the molecule is Cc1noc(C(C)Sc2nnc(C(F)(F)F)n2N)n1. The van der Waals surface area contributed by atoms with Gasteiger partial charge < -0.3 is 10.4 Å². The van der Waals surface area contributed by atoms with Crippen molar-refractivity contribution in [2.45, 2.75) is 30.4 Å². The molecule has 19 heavy (non-hydrogen) atoms. The zero-order valence-electron chi connectivity index (χ0n) is 9.84. The first-order valence-electron chi connectivity index (χ1n) is 5.03. The van der Waals surface area contributed by atoms with E-state index in [9.17, 15) is 13.2 Å². The Balaban J connectivity index is 2.18. The van der Waals surface area contributed by atoms with Crippen LogP contribution in [0.25, 0.3) is 0 Å². The van der Waals surface area contributed by atoms with Gasteiger partial charge in [0.2, 0.25) is 11.0 Å². The minimum Gasteiger partial charge on any atom is -0.338 e. The van der Waals surface area contributed by atoms with Gasteiger partial charge in [-0.05, 0) is 13.8 Å². The number of nitrogens with two attached hydrogens (primary N) is 1. The molecule has 2 heterocycles. The molecule has 0 aliphatic rings. The topological polar surface area (TPSA) is 95.7 Å². The largest absolute Gasteiger partial charge is 0.453 e. The van der Waals surface area contributed by atoms with E-state index in [0.717, 1.165) is 11.8 Å². The van der Waals surface area contributed by atoms with Crippen LogP contribution in [0.5, 0.6) is 0 Å². The third-order valence-corrected chi connectivity index (χ3v) is 3.14. The van der Waals surface area contributed by atoms with E-state index in [0.29, 0.717) is 10.5 Å². The third-order valence-electron chi connectivity index (χ3n) is 2.09. The Hall–Kier alpha value is -1.78. The van der Waals surface area contributed by atoms with Gasteiger partial charge in [-0.1, -0.05) is 16.9 Å². The molecule has 0 aliphatic heterocycles. The van der Waals surface area contributed by atoms with E-state index in [2.05, 4.69) is 20.3 Å². The number of nitrogen functional groups attached to an aromatic ring is 1. The van der Waals surface area contributed by atoms with Crippen LogP contribution in [-0.2, 0) is 6.18 Å². The van der Waals surface area contributed by atoms with Gasteiger partial charge in [0.25, 0.3) is 5.82 Å². The molecule has 0 bridgehead atoms. The first-order valence-corrected chi connectivity index (χ1v) is 5.91. The molecule has 0 saturated heterocycles. The van der Waals surface area contributed by atoms with Crippen LogP contribution in [0, 0.1) is 6.92 Å². The summed E-state index contributed by atoms with van der Waals surface area (Å²) in [6, 6.07) is 0. The zero-order chi connectivity index (χ0) is 14.2. The van der Waals surface area contributed by atoms with Gasteiger partial charge in [0.1, 0.15) is 0 Å². The molecule has 1 unspecified atom stereocenters. The predicted molar refractivity (Wildman–Crippen MR) is 58.5 cm³/mol. The van der Waals surface area contributed by atoms with Crippen molar-refractivity contribution in [3.8, 4) is 0 Å². The highest BCUT2D eigenvalue weighted by Gasteiger charge is 2.38. The molecule has 104 valence electrons. The Morgan fingerprint density at radius 3 is 2.53 bits per heavy atom. The molecule has 2 aromatic heterocycles. The Kier molecular flexibility index (Phi) is 3.39. The molecule has 0 fully saturated rings. The lowest BCUT2D eigenvalue weighted by Gasteiger charge is -2.07. The van der Waals surface area contributed by atoms with E-state index in [4.69, 9.17) is 10.4 Å². The van der Waals surface area contributed by atoms with Crippen LogP contribution in [0.2, 0.25) is 0 Å². The van der Waals surface area contributed by atoms with E-state index < -0.39 is 17.3 Å². The number of aryl methyl sites for hydroxylation is 1. The highest BCUT2D eigenvalue weighted by Crippen LogP contribution is 2.34. The van der Waals surface area contributed by atoms with Gasteiger partial charge in [0.05, 0.1) is 5.25 Å². The average molecular weight is 294 g/mol. The smallest absolute Gasteiger partial charge is 0.338 e. The van der Waals surface area contributed by atoms with Gasteiger partial charge in [-0.25, -0.2) is 4.68 Å². The molecule has 11 heteroatoms. The minimum absolute atomic E-state index is 0.0873. The van der Waals surface area contributed by atoms with Crippen molar-refractivity contribution in [1.29, 1.82) is 0 Å². The fraction of sp³-hybridized carbons (Fsp3) is 0.500. The Bertz CT molecular complexity index is 579. The number of hydrogen-bond donors (Lipinski definition) is 1. The zero-order valence-corrected chi connectivity index (χ0v) is 10.7. The van der Waals surface area contributed by atoms with Crippen LogP contribution in [0.4, 0.5) is 13.2 Å². The lowest BCUT2D eigenvalue weighted by atomic mass is 10.5. The van der Waals surface area contributed by atoms with Crippen molar-refractivity contribution in [1.82, 2.24) is 25.0 Å². The standard InChI is InChI=1S/C8H9F3N6OS/c1-3(5-13-4(2)16-18-5)19-7-15-14-6(17(7)12)8(9,10)11/h3H,12H2,1-2H3. The molecule has 1 atom stereocenters. The van der Waals surface area contributed by atoms with E-state index in [1.165, 1.54) is 0 Å². The average Bonchev–Trinajstić information content (AvgIpc) is 2.85. The number of hydrogen-bond acceptors (Lipinski definition) is 7. The van der Waals surface area contributed by atoms with E-state index in [1.807, 2.05) is 0 Å². The molecule has 0 aliphatic carbocycles. The Morgan fingerprint density at radius 2 is 2.05 bits per heavy atom. The molecule has 0 saturated carbocycles. The molecule has 2 N–H and O–H groups in total. The van der Waals surface area contributed by atoms with Crippen LogP contribution in [0.3, 0.4) is 0 Å². The van der Waals surface area contributed by atoms with Crippen molar-refractivity contribution in [3.63, 3.8) is 0 Å². The molecular weight excluding hydrogens is 285 g/mol. The van der Waals surface area contributed by atoms with Crippen LogP contribution >= 0.6 is 11.8 Å². The summed E-state index contributed by atoms with van der Waals surface area (Å²) in [5, 5.41) is 9.52. The second-order valence-electron chi connectivity index (χ2n) is 3.61. The Labute approximate surface area is 109 Å². The molecule has 0 amide bonds. The Morgan fingerprint density at radius 1 is 1.37 bits per heavy atom.